The van der Waals surface area contributed by atoms with Gasteiger partial charge in [0.2, 0.25) is 5.95 Å². The van der Waals surface area contributed by atoms with Crippen molar-refractivity contribution in [1.29, 1.82) is 0 Å². The predicted molar refractivity (Wildman–Crippen MR) is 22.9 cm³/mol. The SMILES string of the molecule is Fc1cc(F)c(F)[c]n1. The third-order valence-electron chi connectivity index (χ3n) is 0.716. The van der Waals surface area contributed by atoms with Crippen LogP contribution in [0.1, 0.15) is 0 Å². The highest BCUT2D eigenvalue weighted by Crippen LogP contribution is 2.02. The Morgan fingerprint density at radius 2 is 2.00 bits per heavy atom. The van der Waals surface area contributed by atoms with Gasteiger partial charge in [-0.15, -0.1) is 0 Å². The molecule has 0 aliphatic rings. The summed E-state index contributed by atoms with van der Waals surface area (Å²) < 4.78 is 35.5. The second-order valence-corrected chi connectivity index (χ2v) is 1.35. The third-order valence-corrected chi connectivity index (χ3v) is 0.716. The molecule has 0 amide bonds. The minimum absolute atomic E-state index is 0.353. The van der Waals surface area contributed by atoms with Gasteiger partial charge in [-0.2, -0.15) is 4.39 Å². The number of nitrogens with zero attached hydrogens (tertiary/aromatic N) is 1. The lowest BCUT2D eigenvalue weighted by atomic mass is 10.4. The largest absolute Gasteiger partial charge is 0.216 e. The summed E-state index contributed by atoms with van der Waals surface area (Å²) in [5.41, 5.74) is 0. The lowest BCUT2D eigenvalue weighted by Crippen LogP contribution is -1.89. The van der Waals surface area contributed by atoms with E-state index in [1.807, 2.05) is 0 Å². The van der Waals surface area contributed by atoms with E-state index in [1.165, 1.54) is 6.20 Å². The van der Waals surface area contributed by atoms with Gasteiger partial charge < -0.3 is 0 Å². The molecule has 1 rings (SSSR count). The first-order valence-electron chi connectivity index (χ1n) is 2.09. The molecule has 0 aromatic carbocycles. The maximum absolute atomic E-state index is 11.9. The van der Waals surface area contributed by atoms with Crippen LogP contribution in [0.15, 0.2) is 6.07 Å². The summed E-state index contributed by atoms with van der Waals surface area (Å²) in [6.07, 6.45) is 1.50. The van der Waals surface area contributed by atoms with E-state index in [-0.39, 0.29) is 0 Å². The minimum Gasteiger partial charge on any atom is -0.215 e. The Morgan fingerprint density at radius 1 is 1.33 bits per heavy atom. The molecule has 1 heterocycles. The molecule has 4 heteroatoms. The Hall–Kier alpha value is -1.06. The van der Waals surface area contributed by atoms with Crippen LogP contribution < -0.4 is 0 Å². The van der Waals surface area contributed by atoms with E-state index in [1.54, 1.807) is 0 Å². The normalized spacial score (nSPS) is 9.67. The highest BCUT2D eigenvalue weighted by molar-refractivity contribution is 4.97. The molecule has 0 aliphatic carbocycles. The van der Waals surface area contributed by atoms with Crippen LogP contribution in [-0.4, -0.2) is 4.98 Å². The van der Waals surface area contributed by atoms with Gasteiger partial charge >= 0.3 is 0 Å². The van der Waals surface area contributed by atoms with E-state index in [0.717, 1.165) is 0 Å². The van der Waals surface area contributed by atoms with Crippen molar-refractivity contribution in [2.45, 2.75) is 0 Å². The zero-order chi connectivity index (χ0) is 6.85. The summed E-state index contributed by atoms with van der Waals surface area (Å²) in [7, 11) is 0. The number of hydrogen-bond acceptors (Lipinski definition) is 1. The van der Waals surface area contributed by atoms with E-state index in [9.17, 15) is 13.2 Å². The van der Waals surface area contributed by atoms with E-state index in [4.69, 9.17) is 0 Å². The van der Waals surface area contributed by atoms with E-state index in [2.05, 4.69) is 4.98 Å². The molecule has 0 saturated heterocycles. The van der Waals surface area contributed by atoms with Crippen molar-refractivity contribution < 1.29 is 13.2 Å². The van der Waals surface area contributed by atoms with Gasteiger partial charge in [0, 0.05) is 6.07 Å². The van der Waals surface area contributed by atoms with Crippen LogP contribution in [0.3, 0.4) is 0 Å². The average Bonchev–Trinajstić information content (AvgIpc) is 1.80. The molecule has 0 aliphatic heterocycles. The van der Waals surface area contributed by atoms with Gasteiger partial charge in [-0.25, -0.2) is 13.8 Å². The molecule has 9 heavy (non-hydrogen) atoms. The van der Waals surface area contributed by atoms with Crippen LogP contribution in [0.5, 0.6) is 0 Å². The second-order valence-electron chi connectivity index (χ2n) is 1.35. The van der Waals surface area contributed by atoms with E-state index in [0.29, 0.717) is 6.07 Å². The number of rotatable bonds is 0. The van der Waals surface area contributed by atoms with Crippen LogP contribution in [0.25, 0.3) is 0 Å². The minimum atomic E-state index is -1.28. The van der Waals surface area contributed by atoms with Crippen molar-refractivity contribution in [2.75, 3.05) is 0 Å². The zero-order valence-corrected chi connectivity index (χ0v) is 4.16. The molecule has 1 aromatic rings. The second kappa shape index (κ2) is 2.05. The monoisotopic (exact) mass is 132 g/mol. The highest BCUT2D eigenvalue weighted by atomic mass is 19.2. The predicted octanol–water partition coefficient (Wildman–Crippen LogP) is 1.30. The Balaban J connectivity index is 3.17. The molecule has 0 unspecified atom stereocenters. The quantitative estimate of drug-likeness (QED) is 0.485. The van der Waals surface area contributed by atoms with Gasteiger partial charge in [0.25, 0.3) is 0 Å². The lowest BCUT2D eigenvalue weighted by Gasteiger charge is -1.87. The summed E-state index contributed by atoms with van der Waals surface area (Å²) in [5, 5.41) is 0. The maximum atomic E-state index is 11.9. The average molecular weight is 132 g/mol. The van der Waals surface area contributed by atoms with Crippen LogP contribution in [-0.2, 0) is 0 Å². The highest BCUT2D eigenvalue weighted by Gasteiger charge is 2.02. The van der Waals surface area contributed by atoms with Crippen LogP contribution in [0.2, 0.25) is 0 Å². The van der Waals surface area contributed by atoms with Crippen molar-refractivity contribution >= 4 is 0 Å². The topological polar surface area (TPSA) is 12.9 Å². The van der Waals surface area contributed by atoms with Gasteiger partial charge in [0.1, 0.15) is 6.20 Å². The van der Waals surface area contributed by atoms with Gasteiger partial charge in [0.05, 0.1) is 0 Å². The van der Waals surface area contributed by atoms with Crippen molar-refractivity contribution in [2.24, 2.45) is 0 Å². The summed E-state index contributed by atoms with van der Waals surface area (Å²) in [5.74, 6) is -3.62. The van der Waals surface area contributed by atoms with E-state index >= 15 is 0 Å². The third kappa shape index (κ3) is 1.19. The fourth-order valence-corrected chi connectivity index (χ4v) is 0.356. The molecule has 1 nitrogen and oxygen atoms in total. The molecule has 1 aromatic heterocycles. The summed E-state index contributed by atoms with van der Waals surface area (Å²) in [4.78, 5) is 2.73. The summed E-state index contributed by atoms with van der Waals surface area (Å²) in [6.45, 7) is 0. The first kappa shape index (κ1) is 6.07. The maximum Gasteiger partial charge on any atom is 0.216 e. The van der Waals surface area contributed by atoms with Crippen LogP contribution >= 0.6 is 0 Å². The summed E-state index contributed by atoms with van der Waals surface area (Å²) in [6, 6.07) is 0.353. The van der Waals surface area contributed by atoms with Gasteiger partial charge in [0.15, 0.2) is 11.6 Å². The smallest absolute Gasteiger partial charge is 0.215 e. The molecule has 0 fully saturated rings. The van der Waals surface area contributed by atoms with Crippen molar-refractivity contribution in [3.8, 4) is 0 Å². The Bertz CT molecular complexity index is 223. The Kier molecular flexibility index (Phi) is 1.38. The first-order valence-corrected chi connectivity index (χ1v) is 2.09. The van der Waals surface area contributed by atoms with Crippen molar-refractivity contribution in [3.63, 3.8) is 0 Å². The number of pyridine rings is 1. The fourth-order valence-electron chi connectivity index (χ4n) is 0.356. The molecule has 1 radical (unpaired) electrons. The molecule has 0 saturated carbocycles. The van der Waals surface area contributed by atoms with Crippen LogP contribution in [0, 0.1) is 23.8 Å². The van der Waals surface area contributed by atoms with Gasteiger partial charge in [-0.3, -0.25) is 0 Å². The lowest BCUT2D eigenvalue weighted by molar-refractivity contribution is 0.476. The number of halogens is 3. The molecule has 0 atom stereocenters. The van der Waals surface area contributed by atoms with E-state index < -0.39 is 17.6 Å². The Labute approximate surface area is 49.1 Å². The van der Waals surface area contributed by atoms with Crippen molar-refractivity contribution in [1.82, 2.24) is 4.98 Å². The zero-order valence-electron chi connectivity index (χ0n) is 4.16. The van der Waals surface area contributed by atoms with Crippen LogP contribution in [0.4, 0.5) is 13.2 Å². The first-order chi connectivity index (χ1) is 4.20. The number of hydrogen-bond donors (Lipinski definition) is 0. The van der Waals surface area contributed by atoms with Gasteiger partial charge in [-0.1, -0.05) is 0 Å². The number of aromatic nitrogens is 1. The molecular formula is C5HF3N. The molecule has 0 N–H and O–H groups in total. The standard InChI is InChI=1S/C5HF3N/c6-3-1-5(8)9-2-4(3)7/h1H. The molecule has 0 bridgehead atoms. The molecular weight excluding hydrogens is 131 g/mol. The molecule has 47 valence electrons. The van der Waals surface area contributed by atoms with Gasteiger partial charge in [-0.05, 0) is 0 Å². The summed E-state index contributed by atoms with van der Waals surface area (Å²) >= 11 is 0. The molecule has 0 spiro atoms. The fraction of sp³-hybridized carbons (Fsp3) is 0. The van der Waals surface area contributed by atoms with Crippen molar-refractivity contribution in [3.05, 3.63) is 29.8 Å². The Morgan fingerprint density at radius 3 is 2.44 bits per heavy atom.